The van der Waals surface area contributed by atoms with Crippen molar-refractivity contribution in [3.8, 4) is 0 Å². The molecule has 0 spiro atoms. The topological polar surface area (TPSA) is 43.8 Å². The highest BCUT2D eigenvalue weighted by molar-refractivity contribution is 5.85. The summed E-state index contributed by atoms with van der Waals surface area (Å²) in [6.07, 6.45) is 3.68. The molecule has 80 valence electrons. The van der Waals surface area contributed by atoms with Gasteiger partial charge in [0.2, 0.25) is 0 Å². The van der Waals surface area contributed by atoms with E-state index in [9.17, 15) is 0 Å². The molecule has 0 saturated heterocycles. The molecule has 0 bridgehead atoms. The second kappa shape index (κ2) is 5.53. The SMILES string of the molecule is Cl.NC(Cn1cccn1)c1ccccc1. The summed E-state index contributed by atoms with van der Waals surface area (Å²) >= 11 is 0. The van der Waals surface area contributed by atoms with Crippen molar-refractivity contribution in [1.82, 2.24) is 9.78 Å². The minimum atomic E-state index is 0. The molecule has 1 unspecified atom stereocenters. The summed E-state index contributed by atoms with van der Waals surface area (Å²) < 4.78 is 1.84. The monoisotopic (exact) mass is 223 g/mol. The lowest BCUT2D eigenvalue weighted by atomic mass is 10.1. The molecular formula is C11H14ClN3. The lowest BCUT2D eigenvalue weighted by Gasteiger charge is -2.11. The average molecular weight is 224 g/mol. The maximum Gasteiger partial charge on any atom is 0.0602 e. The first-order chi connectivity index (χ1) is 6.86. The van der Waals surface area contributed by atoms with Crippen LogP contribution in [0, 0.1) is 0 Å². The molecule has 0 saturated carbocycles. The maximum absolute atomic E-state index is 6.03. The Balaban J connectivity index is 0.00000112. The third kappa shape index (κ3) is 3.08. The van der Waals surface area contributed by atoms with Crippen LogP contribution in [0.5, 0.6) is 0 Å². The van der Waals surface area contributed by atoms with Gasteiger partial charge in [-0.15, -0.1) is 12.4 Å². The summed E-state index contributed by atoms with van der Waals surface area (Å²) in [7, 11) is 0. The molecule has 1 atom stereocenters. The Kier molecular flexibility index (Phi) is 4.34. The van der Waals surface area contributed by atoms with Gasteiger partial charge < -0.3 is 5.73 Å². The lowest BCUT2D eigenvalue weighted by Crippen LogP contribution is -2.17. The molecule has 15 heavy (non-hydrogen) atoms. The first kappa shape index (κ1) is 11.8. The van der Waals surface area contributed by atoms with Gasteiger partial charge in [-0.3, -0.25) is 4.68 Å². The van der Waals surface area contributed by atoms with Crippen molar-refractivity contribution in [2.24, 2.45) is 5.73 Å². The van der Waals surface area contributed by atoms with Crippen LogP contribution in [0.25, 0.3) is 0 Å². The second-order valence-corrected chi connectivity index (χ2v) is 3.25. The van der Waals surface area contributed by atoms with E-state index in [1.54, 1.807) is 6.20 Å². The molecule has 1 aromatic carbocycles. The normalized spacial score (nSPS) is 11.8. The highest BCUT2D eigenvalue weighted by Crippen LogP contribution is 2.10. The molecule has 4 heteroatoms. The zero-order valence-electron chi connectivity index (χ0n) is 8.28. The summed E-state index contributed by atoms with van der Waals surface area (Å²) in [6, 6.07) is 12.0. The summed E-state index contributed by atoms with van der Waals surface area (Å²) in [5, 5.41) is 4.12. The van der Waals surface area contributed by atoms with Gasteiger partial charge in [-0.05, 0) is 11.6 Å². The zero-order valence-corrected chi connectivity index (χ0v) is 9.10. The van der Waals surface area contributed by atoms with E-state index in [1.807, 2.05) is 47.3 Å². The van der Waals surface area contributed by atoms with Gasteiger partial charge in [0.05, 0.1) is 6.54 Å². The largest absolute Gasteiger partial charge is 0.322 e. The third-order valence-electron chi connectivity index (χ3n) is 2.17. The number of benzene rings is 1. The number of nitrogens with two attached hydrogens (primary N) is 1. The van der Waals surface area contributed by atoms with Crippen LogP contribution in [0.3, 0.4) is 0 Å². The highest BCUT2D eigenvalue weighted by atomic mass is 35.5. The van der Waals surface area contributed by atoms with Crippen molar-refractivity contribution >= 4 is 12.4 Å². The molecule has 3 nitrogen and oxygen atoms in total. The van der Waals surface area contributed by atoms with Crippen LogP contribution in [0.4, 0.5) is 0 Å². The molecule has 2 N–H and O–H groups in total. The summed E-state index contributed by atoms with van der Waals surface area (Å²) in [5.74, 6) is 0. The van der Waals surface area contributed by atoms with Gasteiger partial charge in [0.1, 0.15) is 0 Å². The van der Waals surface area contributed by atoms with E-state index >= 15 is 0 Å². The molecule has 0 aliphatic rings. The van der Waals surface area contributed by atoms with Gasteiger partial charge >= 0.3 is 0 Å². The van der Waals surface area contributed by atoms with E-state index in [1.165, 1.54) is 0 Å². The van der Waals surface area contributed by atoms with E-state index < -0.39 is 0 Å². The molecule has 1 heterocycles. The van der Waals surface area contributed by atoms with E-state index in [-0.39, 0.29) is 18.4 Å². The number of hydrogen-bond donors (Lipinski definition) is 1. The lowest BCUT2D eigenvalue weighted by molar-refractivity contribution is 0.528. The minimum Gasteiger partial charge on any atom is -0.322 e. The predicted molar refractivity (Wildman–Crippen MR) is 62.8 cm³/mol. The van der Waals surface area contributed by atoms with E-state index in [0.29, 0.717) is 0 Å². The minimum absolute atomic E-state index is 0. The molecule has 1 aromatic heterocycles. The van der Waals surface area contributed by atoms with Crippen molar-refractivity contribution in [2.75, 3.05) is 0 Å². The number of aromatic nitrogens is 2. The number of rotatable bonds is 3. The van der Waals surface area contributed by atoms with Crippen LogP contribution in [0.15, 0.2) is 48.8 Å². The Morgan fingerprint density at radius 2 is 1.93 bits per heavy atom. The van der Waals surface area contributed by atoms with Gasteiger partial charge in [-0.1, -0.05) is 30.3 Å². The summed E-state index contributed by atoms with van der Waals surface area (Å²) in [5.41, 5.74) is 7.17. The van der Waals surface area contributed by atoms with Gasteiger partial charge in [-0.25, -0.2) is 0 Å². The van der Waals surface area contributed by atoms with Crippen molar-refractivity contribution in [3.63, 3.8) is 0 Å². The first-order valence-corrected chi connectivity index (χ1v) is 4.64. The average Bonchev–Trinajstić information content (AvgIpc) is 2.72. The van der Waals surface area contributed by atoms with Crippen LogP contribution >= 0.6 is 12.4 Å². The zero-order chi connectivity index (χ0) is 9.80. The Labute approximate surface area is 95.3 Å². The predicted octanol–water partition coefficient (Wildman–Crippen LogP) is 2.00. The Morgan fingerprint density at radius 3 is 2.53 bits per heavy atom. The van der Waals surface area contributed by atoms with Crippen LogP contribution < -0.4 is 5.73 Å². The summed E-state index contributed by atoms with van der Waals surface area (Å²) in [4.78, 5) is 0. The highest BCUT2D eigenvalue weighted by Gasteiger charge is 2.05. The second-order valence-electron chi connectivity index (χ2n) is 3.25. The summed E-state index contributed by atoms with van der Waals surface area (Å²) in [6.45, 7) is 0.719. The van der Waals surface area contributed by atoms with Gasteiger partial charge in [-0.2, -0.15) is 5.10 Å². The van der Waals surface area contributed by atoms with Crippen molar-refractivity contribution < 1.29 is 0 Å². The molecule has 0 aliphatic heterocycles. The molecule has 2 rings (SSSR count). The molecule has 0 amide bonds. The van der Waals surface area contributed by atoms with E-state index in [4.69, 9.17) is 5.73 Å². The Morgan fingerprint density at radius 1 is 1.20 bits per heavy atom. The fourth-order valence-electron chi connectivity index (χ4n) is 1.42. The number of hydrogen-bond acceptors (Lipinski definition) is 2. The van der Waals surface area contributed by atoms with Gasteiger partial charge in [0.15, 0.2) is 0 Å². The molecule has 0 radical (unpaired) electrons. The van der Waals surface area contributed by atoms with E-state index in [2.05, 4.69) is 5.10 Å². The van der Waals surface area contributed by atoms with Crippen LogP contribution in [0.1, 0.15) is 11.6 Å². The smallest absolute Gasteiger partial charge is 0.0602 e. The van der Waals surface area contributed by atoms with Crippen molar-refractivity contribution in [2.45, 2.75) is 12.6 Å². The molecular weight excluding hydrogens is 210 g/mol. The Hall–Kier alpha value is -1.32. The standard InChI is InChI=1S/C11H13N3.ClH/c12-11(9-14-8-4-7-13-14)10-5-2-1-3-6-10;/h1-8,11H,9,12H2;1H. The van der Waals surface area contributed by atoms with E-state index in [0.717, 1.165) is 12.1 Å². The van der Waals surface area contributed by atoms with Gasteiger partial charge in [0, 0.05) is 18.4 Å². The first-order valence-electron chi connectivity index (χ1n) is 4.64. The van der Waals surface area contributed by atoms with Crippen molar-refractivity contribution in [1.29, 1.82) is 0 Å². The fraction of sp³-hybridized carbons (Fsp3) is 0.182. The third-order valence-corrected chi connectivity index (χ3v) is 2.17. The van der Waals surface area contributed by atoms with Crippen LogP contribution in [-0.4, -0.2) is 9.78 Å². The molecule has 0 aliphatic carbocycles. The van der Waals surface area contributed by atoms with Crippen molar-refractivity contribution in [3.05, 3.63) is 54.4 Å². The van der Waals surface area contributed by atoms with Crippen LogP contribution in [0.2, 0.25) is 0 Å². The molecule has 2 aromatic rings. The fourth-order valence-corrected chi connectivity index (χ4v) is 1.42. The quantitative estimate of drug-likeness (QED) is 0.865. The van der Waals surface area contributed by atoms with Gasteiger partial charge in [0.25, 0.3) is 0 Å². The number of halogens is 1. The van der Waals surface area contributed by atoms with Crippen LogP contribution in [-0.2, 0) is 6.54 Å². The number of nitrogens with zero attached hydrogens (tertiary/aromatic N) is 2. The Bertz CT molecular complexity index is 372. The molecule has 0 fully saturated rings. The maximum atomic E-state index is 6.03.